The first kappa shape index (κ1) is 19.7. The molecule has 0 unspecified atom stereocenters. The number of urea groups is 1. The number of amides is 2. The minimum absolute atomic E-state index is 0.130. The number of primary amides is 1. The fourth-order valence-electron chi connectivity index (χ4n) is 2.16. The van der Waals surface area contributed by atoms with Gasteiger partial charge in [0.2, 0.25) is 0 Å². The molecule has 0 saturated carbocycles. The average Bonchev–Trinajstić information content (AvgIpc) is 2.62. The number of rotatable bonds is 8. The first-order valence-electron chi connectivity index (χ1n) is 8.06. The van der Waals surface area contributed by atoms with Crippen LogP contribution in [0.4, 0.5) is 10.5 Å². The van der Waals surface area contributed by atoms with E-state index < -0.39 is 11.0 Å². The Morgan fingerprint density at radius 1 is 1.19 bits per heavy atom. The summed E-state index contributed by atoms with van der Waals surface area (Å²) in [4.78, 5) is 21.1. The number of nitro benzene ring substituents is 1. The van der Waals surface area contributed by atoms with Gasteiger partial charge in [-0.2, -0.15) is 5.10 Å². The molecular formula is C18H20N4O5. The van der Waals surface area contributed by atoms with E-state index in [9.17, 15) is 14.9 Å². The Balaban J connectivity index is 2.01. The summed E-state index contributed by atoms with van der Waals surface area (Å²) < 4.78 is 11.3. The van der Waals surface area contributed by atoms with E-state index in [4.69, 9.17) is 15.2 Å². The van der Waals surface area contributed by atoms with Crippen LogP contribution >= 0.6 is 0 Å². The SMILES string of the molecule is Cc1ccc(OCCOc2ccc([N+](=O)[O-])cc2/C=N\NC(N)=O)cc1C. The lowest BCUT2D eigenvalue weighted by molar-refractivity contribution is -0.384. The van der Waals surface area contributed by atoms with Crippen LogP contribution in [0.15, 0.2) is 41.5 Å². The van der Waals surface area contributed by atoms with E-state index in [1.54, 1.807) is 0 Å². The summed E-state index contributed by atoms with van der Waals surface area (Å²) in [6, 6.07) is 9.00. The van der Waals surface area contributed by atoms with E-state index in [1.165, 1.54) is 30.0 Å². The number of aryl methyl sites for hydroxylation is 2. The lowest BCUT2D eigenvalue weighted by Gasteiger charge is -2.11. The first-order valence-corrected chi connectivity index (χ1v) is 8.06. The second-order valence-electron chi connectivity index (χ2n) is 5.66. The van der Waals surface area contributed by atoms with Crippen LogP contribution in [0.1, 0.15) is 16.7 Å². The van der Waals surface area contributed by atoms with Gasteiger partial charge < -0.3 is 15.2 Å². The Hall–Kier alpha value is -3.62. The Bertz CT molecular complexity index is 867. The van der Waals surface area contributed by atoms with Gasteiger partial charge in [-0.05, 0) is 43.2 Å². The third-order valence-corrected chi connectivity index (χ3v) is 3.67. The first-order chi connectivity index (χ1) is 12.9. The largest absolute Gasteiger partial charge is 0.490 e. The van der Waals surface area contributed by atoms with Gasteiger partial charge in [-0.1, -0.05) is 6.07 Å². The minimum atomic E-state index is -0.846. The predicted octanol–water partition coefficient (Wildman–Crippen LogP) is 2.67. The van der Waals surface area contributed by atoms with Crippen LogP contribution in [0.5, 0.6) is 11.5 Å². The van der Waals surface area contributed by atoms with E-state index >= 15 is 0 Å². The number of benzene rings is 2. The number of non-ortho nitro benzene ring substituents is 1. The summed E-state index contributed by atoms with van der Waals surface area (Å²) in [5.41, 5.74) is 9.45. The van der Waals surface area contributed by atoms with Crippen LogP contribution in [0.25, 0.3) is 0 Å². The Morgan fingerprint density at radius 2 is 1.93 bits per heavy atom. The molecule has 0 aliphatic rings. The van der Waals surface area contributed by atoms with Crippen molar-refractivity contribution in [2.75, 3.05) is 13.2 Å². The smallest absolute Gasteiger partial charge is 0.332 e. The number of hydrazone groups is 1. The topological polar surface area (TPSA) is 129 Å². The number of nitrogens with one attached hydrogen (secondary N) is 1. The predicted molar refractivity (Wildman–Crippen MR) is 100 cm³/mol. The normalized spacial score (nSPS) is 10.6. The summed E-state index contributed by atoms with van der Waals surface area (Å²) in [5, 5.41) is 14.5. The van der Waals surface area contributed by atoms with Gasteiger partial charge in [0.25, 0.3) is 5.69 Å². The highest BCUT2D eigenvalue weighted by molar-refractivity contribution is 5.85. The quantitative estimate of drug-likeness (QED) is 0.318. The third-order valence-electron chi connectivity index (χ3n) is 3.67. The number of nitrogens with zero attached hydrogens (tertiary/aromatic N) is 2. The highest BCUT2D eigenvalue weighted by atomic mass is 16.6. The molecule has 0 aliphatic carbocycles. The Labute approximate surface area is 155 Å². The van der Waals surface area contributed by atoms with E-state index in [2.05, 4.69) is 5.10 Å². The van der Waals surface area contributed by atoms with Gasteiger partial charge in [-0.25, -0.2) is 10.2 Å². The molecule has 0 radical (unpaired) electrons. The molecule has 0 saturated heterocycles. The number of hydrogen-bond acceptors (Lipinski definition) is 6. The van der Waals surface area contributed by atoms with E-state index in [-0.39, 0.29) is 18.9 Å². The van der Waals surface area contributed by atoms with Gasteiger partial charge in [-0.15, -0.1) is 0 Å². The molecule has 0 bridgehead atoms. The van der Waals surface area contributed by atoms with Crippen LogP contribution in [0, 0.1) is 24.0 Å². The summed E-state index contributed by atoms with van der Waals surface area (Å²) in [6.45, 7) is 4.53. The van der Waals surface area contributed by atoms with Crippen LogP contribution in [0.3, 0.4) is 0 Å². The van der Waals surface area contributed by atoms with Crippen molar-refractivity contribution in [2.24, 2.45) is 10.8 Å². The van der Waals surface area contributed by atoms with Gasteiger partial charge in [-0.3, -0.25) is 10.1 Å². The minimum Gasteiger partial charge on any atom is -0.490 e. The molecule has 2 aromatic carbocycles. The van der Waals surface area contributed by atoms with Crippen molar-refractivity contribution in [3.63, 3.8) is 0 Å². The zero-order valence-electron chi connectivity index (χ0n) is 15.0. The second-order valence-corrected chi connectivity index (χ2v) is 5.66. The van der Waals surface area contributed by atoms with Crippen LogP contribution < -0.4 is 20.6 Å². The standard InChI is InChI=1S/C18H20N4O5/c1-12-3-5-16(9-13(12)2)26-7-8-27-17-6-4-15(22(24)25)10-14(17)11-20-21-18(19)23/h3-6,9-11H,7-8H2,1-2H3,(H3,19,21,23)/b20-11-. The maximum Gasteiger partial charge on any atom is 0.332 e. The maximum atomic E-state index is 10.9. The number of nitrogens with two attached hydrogens (primary N) is 1. The monoisotopic (exact) mass is 372 g/mol. The van der Waals surface area contributed by atoms with Crippen molar-refractivity contribution in [3.05, 3.63) is 63.2 Å². The van der Waals surface area contributed by atoms with Gasteiger partial charge in [0.1, 0.15) is 24.7 Å². The molecule has 3 N–H and O–H groups in total. The Kier molecular flexibility index (Phi) is 6.70. The summed E-state index contributed by atoms with van der Waals surface area (Å²) in [5.74, 6) is 1.09. The van der Waals surface area contributed by atoms with Crippen molar-refractivity contribution in [3.8, 4) is 11.5 Å². The van der Waals surface area contributed by atoms with Crippen molar-refractivity contribution in [1.29, 1.82) is 0 Å². The molecule has 9 nitrogen and oxygen atoms in total. The second kappa shape index (κ2) is 9.18. The number of carbonyl (C=O) groups is 1. The molecule has 2 aromatic rings. The molecule has 27 heavy (non-hydrogen) atoms. The van der Waals surface area contributed by atoms with E-state index in [1.807, 2.05) is 37.5 Å². The lowest BCUT2D eigenvalue weighted by atomic mass is 10.1. The Morgan fingerprint density at radius 3 is 2.59 bits per heavy atom. The van der Waals surface area contributed by atoms with E-state index in [0.717, 1.165) is 11.3 Å². The highest BCUT2D eigenvalue weighted by Crippen LogP contribution is 2.23. The number of hydrogen-bond donors (Lipinski definition) is 2. The van der Waals surface area contributed by atoms with Gasteiger partial charge in [0.05, 0.1) is 11.1 Å². The molecule has 2 rings (SSSR count). The maximum absolute atomic E-state index is 10.9. The molecule has 0 aliphatic heterocycles. The van der Waals surface area contributed by atoms with Crippen molar-refractivity contribution in [1.82, 2.24) is 5.43 Å². The molecule has 0 atom stereocenters. The molecular weight excluding hydrogens is 352 g/mol. The fraction of sp³-hybridized carbons (Fsp3) is 0.222. The zero-order chi connectivity index (χ0) is 19.8. The zero-order valence-corrected chi connectivity index (χ0v) is 15.0. The summed E-state index contributed by atoms with van der Waals surface area (Å²) >= 11 is 0. The molecule has 0 aromatic heterocycles. The van der Waals surface area contributed by atoms with Crippen molar-refractivity contribution >= 4 is 17.9 Å². The summed E-state index contributed by atoms with van der Waals surface area (Å²) in [6.07, 6.45) is 1.22. The van der Waals surface area contributed by atoms with Gasteiger partial charge in [0, 0.05) is 17.7 Å². The van der Waals surface area contributed by atoms with Gasteiger partial charge >= 0.3 is 6.03 Å². The number of ether oxygens (including phenoxy) is 2. The van der Waals surface area contributed by atoms with Crippen LogP contribution in [-0.2, 0) is 0 Å². The van der Waals surface area contributed by atoms with Crippen LogP contribution in [0.2, 0.25) is 0 Å². The van der Waals surface area contributed by atoms with E-state index in [0.29, 0.717) is 11.3 Å². The molecule has 0 fully saturated rings. The molecule has 0 spiro atoms. The third kappa shape index (κ3) is 5.99. The number of carbonyl (C=O) groups excluding carboxylic acids is 1. The fourth-order valence-corrected chi connectivity index (χ4v) is 2.16. The van der Waals surface area contributed by atoms with Crippen LogP contribution in [-0.4, -0.2) is 30.4 Å². The molecule has 142 valence electrons. The number of nitro groups is 1. The highest BCUT2D eigenvalue weighted by Gasteiger charge is 2.11. The van der Waals surface area contributed by atoms with Gasteiger partial charge in [0.15, 0.2) is 0 Å². The average molecular weight is 372 g/mol. The lowest BCUT2D eigenvalue weighted by Crippen LogP contribution is -2.24. The molecule has 2 amide bonds. The molecule has 9 heteroatoms. The molecule has 0 heterocycles. The van der Waals surface area contributed by atoms with Crippen molar-refractivity contribution in [2.45, 2.75) is 13.8 Å². The summed E-state index contributed by atoms with van der Waals surface area (Å²) in [7, 11) is 0. The van der Waals surface area contributed by atoms with Crippen molar-refractivity contribution < 1.29 is 19.2 Å².